The Balaban J connectivity index is 1.38. The molecule has 1 amide bonds. The second-order valence-electron chi connectivity index (χ2n) is 6.69. The lowest BCUT2D eigenvalue weighted by atomic mass is 10.1. The van der Waals surface area contributed by atoms with Crippen molar-refractivity contribution >= 4 is 27.6 Å². The number of amides is 1. The van der Waals surface area contributed by atoms with Crippen LogP contribution in [0.4, 0.5) is 16.0 Å². The first-order valence-electron chi connectivity index (χ1n) is 8.88. The first-order valence-corrected chi connectivity index (χ1v) is 10.4. The van der Waals surface area contributed by atoms with Crippen LogP contribution in [-0.2, 0) is 14.8 Å². The Morgan fingerprint density at radius 3 is 2.31 bits per heavy atom. The van der Waals surface area contributed by atoms with E-state index in [0.717, 1.165) is 5.56 Å². The molecule has 0 radical (unpaired) electrons. The summed E-state index contributed by atoms with van der Waals surface area (Å²) in [5.41, 5.74) is 1.43. The van der Waals surface area contributed by atoms with Crippen LogP contribution in [0.5, 0.6) is 0 Å². The van der Waals surface area contributed by atoms with Crippen molar-refractivity contribution in [1.82, 2.24) is 9.97 Å². The smallest absolute Gasteiger partial charge is 0.264 e. The van der Waals surface area contributed by atoms with Crippen LogP contribution in [0.1, 0.15) is 17.9 Å². The summed E-state index contributed by atoms with van der Waals surface area (Å²) in [7, 11) is -3.83. The van der Waals surface area contributed by atoms with Gasteiger partial charge >= 0.3 is 0 Å². The van der Waals surface area contributed by atoms with E-state index in [4.69, 9.17) is 0 Å². The SMILES string of the molecule is O=C(Nc1ccc(S(=O)(=O)Nc2ncccn2)cc1)C1CC1c1ccc(F)cc1. The monoisotopic (exact) mass is 412 g/mol. The van der Waals surface area contributed by atoms with Crippen LogP contribution in [0.25, 0.3) is 0 Å². The quantitative estimate of drug-likeness (QED) is 0.648. The van der Waals surface area contributed by atoms with Crippen molar-refractivity contribution in [3.8, 4) is 0 Å². The van der Waals surface area contributed by atoms with Gasteiger partial charge in [-0.25, -0.2) is 27.5 Å². The summed E-state index contributed by atoms with van der Waals surface area (Å²) < 4.78 is 40.0. The van der Waals surface area contributed by atoms with E-state index in [2.05, 4.69) is 20.0 Å². The average Bonchev–Trinajstić information content (AvgIpc) is 3.50. The second-order valence-corrected chi connectivity index (χ2v) is 8.37. The van der Waals surface area contributed by atoms with Crippen molar-refractivity contribution in [2.24, 2.45) is 5.92 Å². The zero-order valence-corrected chi connectivity index (χ0v) is 15.9. The molecule has 7 nitrogen and oxygen atoms in total. The van der Waals surface area contributed by atoms with Crippen LogP contribution >= 0.6 is 0 Å². The number of hydrogen-bond acceptors (Lipinski definition) is 5. The molecule has 2 atom stereocenters. The van der Waals surface area contributed by atoms with Crippen molar-refractivity contribution in [2.75, 3.05) is 10.0 Å². The average molecular weight is 412 g/mol. The molecule has 0 aliphatic heterocycles. The summed E-state index contributed by atoms with van der Waals surface area (Å²) in [5.74, 6) is -0.582. The summed E-state index contributed by atoms with van der Waals surface area (Å²) in [6.45, 7) is 0. The topological polar surface area (TPSA) is 101 Å². The fourth-order valence-electron chi connectivity index (χ4n) is 3.05. The van der Waals surface area contributed by atoms with E-state index in [1.54, 1.807) is 18.2 Å². The number of aromatic nitrogens is 2. The van der Waals surface area contributed by atoms with E-state index in [9.17, 15) is 17.6 Å². The molecule has 2 N–H and O–H groups in total. The number of hydrogen-bond donors (Lipinski definition) is 2. The maximum absolute atomic E-state index is 13.0. The number of nitrogens with one attached hydrogen (secondary N) is 2. The highest BCUT2D eigenvalue weighted by molar-refractivity contribution is 7.92. The highest BCUT2D eigenvalue weighted by atomic mass is 32.2. The number of sulfonamides is 1. The maximum Gasteiger partial charge on any atom is 0.264 e. The second kappa shape index (κ2) is 7.59. The van der Waals surface area contributed by atoms with Crippen LogP contribution < -0.4 is 10.0 Å². The largest absolute Gasteiger partial charge is 0.326 e. The summed E-state index contributed by atoms with van der Waals surface area (Å²) in [4.78, 5) is 20.1. The number of nitrogens with zero attached hydrogens (tertiary/aromatic N) is 2. The number of carbonyl (C=O) groups is 1. The molecule has 1 aliphatic rings. The van der Waals surface area contributed by atoms with Crippen molar-refractivity contribution in [2.45, 2.75) is 17.2 Å². The summed E-state index contributed by atoms with van der Waals surface area (Å²) in [6, 6.07) is 13.6. The van der Waals surface area contributed by atoms with Gasteiger partial charge in [0.15, 0.2) is 0 Å². The van der Waals surface area contributed by atoms with Crippen molar-refractivity contribution in [1.29, 1.82) is 0 Å². The highest BCUT2D eigenvalue weighted by Gasteiger charge is 2.43. The van der Waals surface area contributed by atoms with Gasteiger partial charge in [-0.3, -0.25) is 4.79 Å². The van der Waals surface area contributed by atoms with E-state index in [-0.39, 0.29) is 34.4 Å². The van der Waals surface area contributed by atoms with Crippen molar-refractivity contribution in [3.63, 3.8) is 0 Å². The molecular weight excluding hydrogens is 395 g/mol. The minimum Gasteiger partial charge on any atom is -0.326 e. The molecule has 2 unspecified atom stereocenters. The van der Waals surface area contributed by atoms with Gasteiger partial charge in [0.2, 0.25) is 11.9 Å². The zero-order valence-electron chi connectivity index (χ0n) is 15.1. The molecule has 0 saturated heterocycles. The summed E-state index contributed by atoms with van der Waals surface area (Å²) >= 11 is 0. The van der Waals surface area contributed by atoms with Gasteiger partial charge in [-0.2, -0.15) is 0 Å². The third-order valence-corrected chi connectivity index (χ3v) is 5.99. The molecule has 3 aromatic rings. The molecule has 4 rings (SSSR count). The molecule has 1 heterocycles. The first-order chi connectivity index (χ1) is 13.9. The standard InChI is InChI=1S/C20H17FN4O3S/c21-14-4-2-13(3-5-14)17-12-18(17)19(26)24-15-6-8-16(9-7-15)29(27,28)25-20-22-10-1-11-23-20/h1-11,17-18H,12H2,(H,24,26)(H,22,23,25). The van der Waals surface area contributed by atoms with E-state index in [1.165, 1.54) is 48.8 Å². The third kappa shape index (κ3) is 4.40. The van der Waals surface area contributed by atoms with Crippen LogP contribution in [0.15, 0.2) is 71.9 Å². The molecule has 1 aromatic heterocycles. The molecule has 1 aliphatic carbocycles. The lowest BCUT2D eigenvalue weighted by molar-refractivity contribution is -0.117. The Bertz CT molecular complexity index is 1120. The van der Waals surface area contributed by atoms with Gasteiger partial charge in [0, 0.05) is 24.0 Å². The lowest BCUT2D eigenvalue weighted by Gasteiger charge is -2.08. The van der Waals surface area contributed by atoms with Crippen molar-refractivity contribution in [3.05, 3.63) is 78.4 Å². The third-order valence-electron chi connectivity index (χ3n) is 4.65. The fourth-order valence-corrected chi connectivity index (χ4v) is 4.00. The van der Waals surface area contributed by atoms with Crippen LogP contribution in [0, 0.1) is 11.7 Å². The fraction of sp³-hybridized carbons (Fsp3) is 0.150. The molecule has 1 saturated carbocycles. The van der Waals surface area contributed by atoms with Gasteiger partial charge < -0.3 is 5.32 Å². The number of carbonyl (C=O) groups excluding carboxylic acids is 1. The zero-order chi connectivity index (χ0) is 20.4. The molecule has 2 aromatic carbocycles. The Labute approximate surface area is 167 Å². The maximum atomic E-state index is 13.0. The predicted molar refractivity (Wildman–Crippen MR) is 105 cm³/mol. The number of anilines is 2. The molecule has 148 valence electrons. The van der Waals surface area contributed by atoms with E-state index in [1.807, 2.05) is 0 Å². The Kier molecular flexibility index (Phi) is 4.98. The molecule has 1 fully saturated rings. The van der Waals surface area contributed by atoms with Gasteiger partial charge in [-0.05, 0) is 60.4 Å². The van der Waals surface area contributed by atoms with Crippen LogP contribution in [0.3, 0.4) is 0 Å². The van der Waals surface area contributed by atoms with Gasteiger partial charge in [-0.15, -0.1) is 0 Å². The minimum atomic E-state index is -3.83. The van der Waals surface area contributed by atoms with E-state index < -0.39 is 10.0 Å². The summed E-state index contributed by atoms with van der Waals surface area (Å²) in [5, 5.41) is 2.79. The van der Waals surface area contributed by atoms with E-state index >= 15 is 0 Å². The first kappa shape index (κ1) is 19.0. The Morgan fingerprint density at radius 1 is 1.00 bits per heavy atom. The molecule has 0 bridgehead atoms. The normalized spacial score (nSPS) is 18.1. The van der Waals surface area contributed by atoms with Gasteiger partial charge in [0.25, 0.3) is 10.0 Å². The Hall–Kier alpha value is -3.33. The minimum absolute atomic E-state index is 0.0227. The van der Waals surface area contributed by atoms with Gasteiger partial charge in [0.05, 0.1) is 4.90 Å². The summed E-state index contributed by atoms with van der Waals surface area (Å²) in [6.07, 6.45) is 3.56. The number of halogens is 1. The van der Waals surface area contributed by atoms with Crippen LogP contribution in [-0.4, -0.2) is 24.3 Å². The molecule has 29 heavy (non-hydrogen) atoms. The number of rotatable bonds is 6. The highest BCUT2D eigenvalue weighted by Crippen LogP contribution is 2.48. The van der Waals surface area contributed by atoms with E-state index in [0.29, 0.717) is 12.1 Å². The van der Waals surface area contributed by atoms with Gasteiger partial charge in [-0.1, -0.05) is 12.1 Å². The number of benzene rings is 2. The molecular formula is C20H17FN4O3S. The lowest BCUT2D eigenvalue weighted by Crippen LogP contribution is -2.16. The van der Waals surface area contributed by atoms with Gasteiger partial charge in [0.1, 0.15) is 5.82 Å². The molecule has 0 spiro atoms. The predicted octanol–water partition coefficient (Wildman–Crippen LogP) is 3.16. The Morgan fingerprint density at radius 2 is 1.66 bits per heavy atom. The van der Waals surface area contributed by atoms with Crippen molar-refractivity contribution < 1.29 is 17.6 Å². The molecule has 9 heteroatoms. The van der Waals surface area contributed by atoms with Crippen LogP contribution in [0.2, 0.25) is 0 Å².